The van der Waals surface area contributed by atoms with Crippen LogP contribution in [0.1, 0.15) is 50.5 Å². The number of aliphatic hydroxyl groups is 1. The summed E-state index contributed by atoms with van der Waals surface area (Å²) >= 11 is 0. The lowest BCUT2D eigenvalue weighted by molar-refractivity contribution is -0.127. The van der Waals surface area contributed by atoms with Gasteiger partial charge < -0.3 is 10.4 Å². The van der Waals surface area contributed by atoms with Gasteiger partial charge in [-0.25, -0.2) is 0 Å². The Labute approximate surface area is 126 Å². The lowest BCUT2D eigenvalue weighted by Gasteiger charge is -2.30. The Morgan fingerprint density at radius 1 is 1.14 bits per heavy atom. The van der Waals surface area contributed by atoms with E-state index in [1.807, 2.05) is 6.07 Å². The van der Waals surface area contributed by atoms with Crippen molar-refractivity contribution in [2.45, 2.75) is 56.5 Å². The van der Waals surface area contributed by atoms with Crippen molar-refractivity contribution in [3.05, 3.63) is 35.9 Å². The maximum atomic E-state index is 12.3. The standard InChI is InChI=1S/C18H25NO2/c20-16-10-6-9-15(16)17(21)19-13-18(11-4-5-12-18)14-7-2-1-3-8-14/h1-3,7-8,15-16,20H,4-6,9-13H2,(H,19,21). The summed E-state index contributed by atoms with van der Waals surface area (Å²) in [4.78, 5) is 12.3. The van der Waals surface area contributed by atoms with Crippen molar-refractivity contribution in [3.8, 4) is 0 Å². The minimum Gasteiger partial charge on any atom is -0.392 e. The third-order valence-corrected chi connectivity index (χ3v) is 5.36. The quantitative estimate of drug-likeness (QED) is 0.894. The predicted octanol–water partition coefficient (Wildman–Crippen LogP) is 2.78. The topological polar surface area (TPSA) is 49.3 Å². The zero-order valence-corrected chi connectivity index (χ0v) is 12.6. The third kappa shape index (κ3) is 2.98. The van der Waals surface area contributed by atoms with Crippen LogP contribution in [0.4, 0.5) is 0 Å². The van der Waals surface area contributed by atoms with E-state index in [2.05, 4.69) is 29.6 Å². The smallest absolute Gasteiger partial charge is 0.225 e. The fourth-order valence-corrected chi connectivity index (χ4v) is 4.04. The maximum Gasteiger partial charge on any atom is 0.225 e. The van der Waals surface area contributed by atoms with E-state index < -0.39 is 6.10 Å². The molecule has 1 aromatic carbocycles. The molecule has 0 saturated heterocycles. The molecule has 0 radical (unpaired) electrons. The minimum atomic E-state index is -0.443. The maximum absolute atomic E-state index is 12.3. The molecule has 2 aliphatic carbocycles. The number of nitrogens with one attached hydrogen (secondary N) is 1. The molecule has 3 heteroatoms. The number of carbonyl (C=O) groups is 1. The largest absolute Gasteiger partial charge is 0.392 e. The van der Waals surface area contributed by atoms with Gasteiger partial charge in [-0.1, -0.05) is 43.2 Å². The zero-order valence-electron chi connectivity index (χ0n) is 12.6. The van der Waals surface area contributed by atoms with E-state index in [0.29, 0.717) is 6.54 Å². The average molecular weight is 287 g/mol. The summed E-state index contributed by atoms with van der Waals surface area (Å²) in [5.74, 6) is -0.151. The van der Waals surface area contributed by atoms with Gasteiger partial charge >= 0.3 is 0 Å². The molecule has 21 heavy (non-hydrogen) atoms. The molecule has 2 atom stereocenters. The van der Waals surface area contributed by atoms with Crippen molar-refractivity contribution in [3.63, 3.8) is 0 Å². The van der Waals surface area contributed by atoms with E-state index in [9.17, 15) is 9.90 Å². The first-order valence-electron chi connectivity index (χ1n) is 8.23. The summed E-state index contributed by atoms with van der Waals surface area (Å²) in [6.07, 6.45) is 6.86. The zero-order chi connectivity index (χ0) is 14.7. The van der Waals surface area contributed by atoms with Crippen molar-refractivity contribution < 1.29 is 9.90 Å². The predicted molar refractivity (Wildman–Crippen MR) is 82.9 cm³/mol. The summed E-state index contributed by atoms with van der Waals surface area (Å²) in [7, 11) is 0. The van der Waals surface area contributed by atoms with Crippen LogP contribution < -0.4 is 5.32 Å². The van der Waals surface area contributed by atoms with Gasteiger partial charge in [0.2, 0.25) is 5.91 Å². The van der Waals surface area contributed by atoms with E-state index in [1.165, 1.54) is 18.4 Å². The molecule has 0 spiro atoms. The molecular weight excluding hydrogens is 262 g/mol. The number of hydrogen-bond acceptors (Lipinski definition) is 2. The first-order valence-corrected chi connectivity index (χ1v) is 8.23. The van der Waals surface area contributed by atoms with E-state index in [4.69, 9.17) is 0 Å². The molecule has 3 rings (SSSR count). The molecule has 2 unspecified atom stereocenters. The van der Waals surface area contributed by atoms with Crippen molar-refractivity contribution in [1.82, 2.24) is 5.32 Å². The van der Waals surface area contributed by atoms with Gasteiger partial charge in [0, 0.05) is 12.0 Å². The third-order valence-electron chi connectivity index (χ3n) is 5.36. The highest BCUT2D eigenvalue weighted by molar-refractivity contribution is 5.79. The van der Waals surface area contributed by atoms with Crippen molar-refractivity contribution >= 4 is 5.91 Å². The summed E-state index contributed by atoms with van der Waals surface area (Å²) in [5, 5.41) is 13.0. The van der Waals surface area contributed by atoms with Crippen LogP contribution >= 0.6 is 0 Å². The van der Waals surface area contributed by atoms with Gasteiger partial charge in [0.1, 0.15) is 0 Å². The number of hydrogen-bond donors (Lipinski definition) is 2. The Balaban J connectivity index is 1.68. The van der Waals surface area contributed by atoms with Gasteiger partial charge in [-0.05, 0) is 37.7 Å². The molecule has 0 aliphatic heterocycles. The molecule has 1 aromatic rings. The van der Waals surface area contributed by atoms with Gasteiger partial charge in [-0.15, -0.1) is 0 Å². The Morgan fingerprint density at radius 2 is 1.86 bits per heavy atom. The van der Waals surface area contributed by atoms with Crippen LogP contribution in [0, 0.1) is 5.92 Å². The van der Waals surface area contributed by atoms with Crippen molar-refractivity contribution in [2.75, 3.05) is 6.54 Å². The normalized spacial score (nSPS) is 27.7. The van der Waals surface area contributed by atoms with Crippen molar-refractivity contribution in [1.29, 1.82) is 0 Å². The average Bonchev–Trinajstić information content (AvgIpc) is 3.15. The molecule has 114 valence electrons. The Morgan fingerprint density at radius 3 is 2.48 bits per heavy atom. The van der Waals surface area contributed by atoms with Gasteiger partial charge in [-0.3, -0.25) is 4.79 Å². The fraction of sp³-hybridized carbons (Fsp3) is 0.611. The van der Waals surface area contributed by atoms with E-state index in [1.54, 1.807) is 0 Å². The highest BCUT2D eigenvalue weighted by Crippen LogP contribution is 2.40. The SMILES string of the molecule is O=C(NCC1(c2ccccc2)CCCC1)C1CCCC1O. The molecule has 3 nitrogen and oxygen atoms in total. The number of aliphatic hydroxyl groups excluding tert-OH is 1. The van der Waals surface area contributed by atoms with Gasteiger partial charge in [0.05, 0.1) is 12.0 Å². The lowest BCUT2D eigenvalue weighted by atomic mass is 9.78. The molecule has 0 aromatic heterocycles. The molecule has 1 amide bonds. The van der Waals surface area contributed by atoms with Crippen LogP contribution in [-0.2, 0) is 10.2 Å². The number of amides is 1. The Kier molecular flexibility index (Phi) is 4.29. The lowest BCUT2D eigenvalue weighted by Crippen LogP contribution is -2.43. The van der Waals surface area contributed by atoms with Crippen LogP contribution in [-0.4, -0.2) is 23.7 Å². The monoisotopic (exact) mass is 287 g/mol. The summed E-state index contributed by atoms with van der Waals surface area (Å²) in [6.45, 7) is 0.707. The summed E-state index contributed by atoms with van der Waals surface area (Å²) in [5.41, 5.74) is 1.44. The number of carbonyl (C=O) groups excluding carboxylic acids is 1. The van der Waals surface area contributed by atoms with Gasteiger partial charge in [-0.2, -0.15) is 0 Å². The van der Waals surface area contributed by atoms with Gasteiger partial charge in [0.25, 0.3) is 0 Å². The van der Waals surface area contributed by atoms with Crippen LogP contribution in [0.15, 0.2) is 30.3 Å². The summed E-state index contributed by atoms with van der Waals surface area (Å²) in [6, 6.07) is 10.6. The van der Waals surface area contributed by atoms with Crippen LogP contribution in [0.2, 0.25) is 0 Å². The van der Waals surface area contributed by atoms with E-state index in [-0.39, 0.29) is 17.2 Å². The van der Waals surface area contributed by atoms with Crippen molar-refractivity contribution in [2.24, 2.45) is 5.92 Å². The molecule has 2 N–H and O–H groups in total. The first kappa shape index (κ1) is 14.6. The second kappa shape index (κ2) is 6.18. The molecule has 0 heterocycles. The highest BCUT2D eigenvalue weighted by Gasteiger charge is 2.37. The van der Waals surface area contributed by atoms with Crippen LogP contribution in [0.5, 0.6) is 0 Å². The van der Waals surface area contributed by atoms with E-state index in [0.717, 1.165) is 32.1 Å². The van der Waals surface area contributed by atoms with Crippen LogP contribution in [0.3, 0.4) is 0 Å². The number of rotatable bonds is 4. The molecule has 2 aliphatic rings. The first-order chi connectivity index (χ1) is 10.2. The molecule has 2 fully saturated rings. The molecule has 2 saturated carbocycles. The minimum absolute atomic E-state index is 0.0437. The number of benzene rings is 1. The van der Waals surface area contributed by atoms with Gasteiger partial charge in [0.15, 0.2) is 0 Å². The van der Waals surface area contributed by atoms with E-state index >= 15 is 0 Å². The highest BCUT2D eigenvalue weighted by atomic mass is 16.3. The Hall–Kier alpha value is -1.35. The van der Waals surface area contributed by atoms with Crippen LogP contribution in [0.25, 0.3) is 0 Å². The fourth-order valence-electron chi connectivity index (χ4n) is 4.04. The molecular formula is C18H25NO2. The second-order valence-corrected chi connectivity index (χ2v) is 6.68. The Bertz CT molecular complexity index is 479. The summed E-state index contributed by atoms with van der Waals surface area (Å²) < 4.78 is 0. The molecule has 0 bridgehead atoms. The second-order valence-electron chi connectivity index (χ2n) is 6.68.